The minimum Gasteiger partial charge on any atom is -0.135 e. The van der Waals surface area contributed by atoms with Gasteiger partial charge in [0, 0.05) is 40.3 Å². The van der Waals surface area contributed by atoms with Gasteiger partial charge < -0.3 is 0 Å². The van der Waals surface area contributed by atoms with Crippen molar-refractivity contribution in [2.75, 3.05) is 0 Å². The first-order valence-corrected chi connectivity index (χ1v) is 16.6. The Labute approximate surface area is 264 Å². The molecule has 2 heteroatoms. The number of thiophene rings is 2. The van der Waals surface area contributed by atoms with Crippen LogP contribution in [0.4, 0.5) is 0 Å². The van der Waals surface area contributed by atoms with Gasteiger partial charge in [0.15, 0.2) is 0 Å². The maximum atomic E-state index is 2.34. The van der Waals surface area contributed by atoms with Crippen LogP contribution in [0.2, 0.25) is 0 Å². The van der Waals surface area contributed by atoms with Crippen molar-refractivity contribution in [1.29, 1.82) is 0 Å². The van der Waals surface area contributed by atoms with E-state index >= 15 is 0 Å². The second-order valence-corrected chi connectivity index (χ2v) is 13.4. The summed E-state index contributed by atoms with van der Waals surface area (Å²) < 4.78 is 5.38. The Kier molecular flexibility index (Phi) is 5.97. The summed E-state index contributed by atoms with van der Waals surface area (Å²) in [6.07, 6.45) is 0. The van der Waals surface area contributed by atoms with Crippen molar-refractivity contribution in [1.82, 2.24) is 0 Å². The van der Waals surface area contributed by atoms with Gasteiger partial charge >= 0.3 is 0 Å². The Bertz CT molecular complexity index is 2340. The highest BCUT2D eigenvalue weighted by Gasteiger charge is 2.13. The third kappa shape index (κ3) is 4.18. The molecule has 9 aromatic rings. The van der Waals surface area contributed by atoms with E-state index in [2.05, 4.69) is 158 Å². The molecule has 0 atom stereocenters. The van der Waals surface area contributed by atoms with Crippen LogP contribution < -0.4 is 0 Å². The molecule has 7 aromatic carbocycles. The molecule has 0 N–H and O–H groups in total. The van der Waals surface area contributed by atoms with Gasteiger partial charge in [-0.15, -0.1) is 22.7 Å². The molecule has 44 heavy (non-hydrogen) atoms. The minimum atomic E-state index is 1.23. The second-order valence-electron chi connectivity index (χ2n) is 11.3. The first kappa shape index (κ1) is 25.5. The van der Waals surface area contributed by atoms with Crippen LogP contribution in [0, 0.1) is 0 Å². The Morgan fingerprint density at radius 2 is 0.614 bits per heavy atom. The highest BCUT2D eigenvalue weighted by molar-refractivity contribution is 7.26. The standard InChI is InChI=1S/C42H26S2/c1-3-22-39-35(16-1)37-20-8-18-33(41(37)43-39)31-14-6-12-29(25-31)27-10-5-11-28(24-27)30-13-7-15-32(26-30)34-19-9-21-38-36-17-2-4-23-40(36)44-42(34)38/h1-26H. The summed E-state index contributed by atoms with van der Waals surface area (Å²) in [6.45, 7) is 0. The van der Waals surface area contributed by atoms with E-state index in [0.29, 0.717) is 0 Å². The van der Waals surface area contributed by atoms with Crippen LogP contribution in [0.25, 0.3) is 84.9 Å². The Hall–Kier alpha value is -5.02. The van der Waals surface area contributed by atoms with Crippen molar-refractivity contribution >= 4 is 63.0 Å². The lowest BCUT2D eigenvalue weighted by atomic mass is 9.94. The predicted octanol–water partition coefficient (Wildman–Crippen LogP) is 13.1. The van der Waals surface area contributed by atoms with Gasteiger partial charge in [0.1, 0.15) is 0 Å². The van der Waals surface area contributed by atoms with E-state index in [1.54, 1.807) is 0 Å². The summed E-state index contributed by atoms with van der Waals surface area (Å²) in [5.41, 5.74) is 10.0. The fourth-order valence-electron chi connectivity index (χ4n) is 6.56. The average Bonchev–Trinajstić information content (AvgIpc) is 3.67. The lowest BCUT2D eigenvalue weighted by Gasteiger charge is -2.11. The highest BCUT2D eigenvalue weighted by Crippen LogP contribution is 2.42. The van der Waals surface area contributed by atoms with Gasteiger partial charge in [-0.2, -0.15) is 0 Å². The number of fused-ring (bicyclic) bond motifs is 6. The van der Waals surface area contributed by atoms with Crippen LogP contribution in [0.1, 0.15) is 0 Å². The van der Waals surface area contributed by atoms with Crippen LogP contribution in [0.5, 0.6) is 0 Å². The van der Waals surface area contributed by atoms with Crippen molar-refractivity contribution in [2.45, 2.75) is 0 Å². The molecule has 0 aliphatic heterocycles. The molecule has 2 heterocycles. The zero-order valence-electron chi connectivity index (χ0n) is 23.8. The van der Waals surface area contributed by atoms with Gasteiger partial charge in [-0.05, 0) is 74.8 Å². The van der Waals surface area contributed by atoms with Gasteiger partial charge in [-0.25, -0.2) is 0 Å². The number of rotatable bonds is 4. The van der Waals surface area contributed by atoms with Crippen LogP contribution >= 0.6 is 22.7 Å². The smallest absolute Gasteiger partial charge is 0.0433 e. The summed E-state index contributed by atoms with van der Waals surface area (Å²) in [6, 6.07) is 57.8. The first-order chi connectivity index (χ1) is 21.8. The van der Waals surface area contributed by atoms with Gasteiger partial charge in [0.05, 0.1) is 0 Å². The van der Waals surface area contributed by atoms with Crippen molar-refractivity contribution in [3.8, 4) is 44.5 Å². The van der Waals surface area contributed by atoms with Gasteiger partial charge in [-0.3, -0.25) is 0 Å². The van der Waals surface area contributed by atoms with E-state index < -0.39 is 0 Å². The summed E-state index contributed by atoms with van der Waals surface area (Å²) in [5, 5.41) is 5.34. The molecule has 9 rings (SSSR count). The molecule has 0 saturated carbocycles. The lowest BCUT2D eigenvalue weighted by molar-refractivity contribution is 1.58. The molecular weight excluding hydrogens is 569 g/mol. The Balaban J connectivity index is 1.11. The fourth-order valence-corrected chi connectivity index (χ4v) is 9.04. The van der Waals surface area contributed by atoms with Crippen molar-refractivity contribution < 1.29 is 0 Å². The first-order valence-electron chi connectivity index (χ1n) is 14.9. The van der Waals surface area contributed by atoms with Crippen molar-refractivity contribution in [3.63, 3.8) is 0 Å². The van der Waals surface area contributed by atoms with Gasteiger partial charge in [0.2, 0.25) is 0 Å². The molecule has 0 bridgehead atoms. The molecule has 0 saturated heterocycles. The van der Waals surface area contributed by atoms with E-state index in [-0.39, 0.29) is 0 Å². The van der Waals surface area contributed by atoms with E-state index in [4.69, 9.17) is 0 Å². The Morgan fingerprint density at radius 3 is 1.07 bits per heavy atom. The number of hydrogen-bond donors (Lipinski definition) is 0. The van der Waals surface area contributed by atoms with E-state index in [9.17, 15) is 0 Å². The quantitative estimate of drug-likeness (QED) is 0.190. The van der Waals surface area contributed by atoms with Crippen LogP contribution in [-0.2, 0) is 0 Å². The average molecular weight is 595 g/mol. The predicted molar refractivity (Wildman–Crippen MR) is 194 cm³/mol. The third-order valence-corrected chi connectivity index (χ3v) is 11.1. The van der Waals surface area contributed by atoms with Crippen molar-refractivity contribution in [2.24, 2.45) is 0 Å². The minimum absolute atomic E-state index is 1.23. The summed E-state index contributed by atoms with van der Waals surface area (Å²) in [5.74, 6) is 0. The van der Waals surface area contributed by atoms with Gasteiger partial charge in [0.25, 0.3) is 0 Å². The molecule has 206 valence electrons. The highest BCUT2D eigenvalue weighted by atomic mass is 32.1. The monoisotopic (exact) mass is 594 g/mol. The maximum absolute atomic E-state index is 2.34. The molecule has 0 fully saturated rings. The number of hydrogen-bond acceptors (Lipinski definition) is 2. The lowest BCUT2D eigenvalue weighted by Crippen LogP contribution is -1.85. The van der Waals surface area contributed by atoms with Crippen LogP contribution in [0.3, 0.4) is 0 Å². The summed E-state index contributed by atoms with van der Waals surface area (Å²) in [7, 11) is 0. The Morgan fingerprint density at radius 1 is 0.273 bits per heavy atom. The SMILES string of the molecule is c1cc(-c2cccc(-c3cccc4c3sc3ccccc34)c2)cc(-c2cccc(-c3cccc4c3sc3ccccc34)c2)c1. The maximum Gasteiger partial charge on any atom is 0.0433 e. The third-order valence-electron chi connectivity index (χ3n) is 8.68. The molecule has 0 nitrogen and oxygen atoms in total. The largest absolute Gasteiger partial charge is 0.135 e. The molecular formula is C42H26S2. The second kappa shape index (κ2) is 10.3. The molecule has 0 radical (unpaired) electrons. The van der Waals surface area contributed by atoms with Gasteiger partial charge in [-0.1, -0.05) is 127 Å². The fraction of sp³-hybridized carbons (Fsp3) is 0. The van der Waals surface area contributed by atoms with E-state index in [1.807, 2.05) is 22.7 Å². The zero-order valence-corrected chi connectivity index (χ0v) is 25.5. The summed E-state index contributed by atoms with van der Waals surface area (Å²) >= 11 is 3.77. The molecule has 0 aliphatic carbocycles. The van der Waals surface area contributed by atoms with E-state index in [0.717, 1.165) is 0 Å². The molecule has 0 amide bonds. The normalized spacial score (nSPS) is 11.6. The van der Waals surface area contributed by atoms with E-state index in [1.165, 1.54) is 84.9 Å². The summed E-state index contributed by atoms with van der Waals surface area (Å²) in [4.78, 5) is 0. The van der Waals surface area contributed by atoms with Crippen molar-refractivity contribution in [3.05, 3.63) is 158 Å². The van der Waals surface area contributed by atoms with Crippen LogP contribution in [0.15, 0.2) is 158 Å². The molecule has 2 aromatic heterocycles. The molecule has 0 spiro atoms. The zero-order chi connectivity index (χ0) is 29.0. The van der Waals surface area contributed by atoms with Crippen LogP contribution in [-0.4, -0.2) is 0 Å². The number of benzene rings is 7. The molecule has 0 aliphatic rings. The molecule has 0 unspecified atom stereocenters. The topological polar surface area (TPSA) is 0 Å².